The second-order valence-electron chi connectivity index (χ2n) is 5.55. The topological polar surface area (TPSA) is 63.7 Å². The van der Waals surface area contributed by atoms with Gasteiger partial charge in [-0.3, -0.25) is 4.79 Å². The molecule has 1 aromatic rings. The van der Waals surface area contributed by atoms with E-state index in [2.05, 4.69) is 21.1 Å². The van der Waals surface area contributed by atoms with Crippen molar-refractivity contribution in [2.24, 2.45) is 0 Å². The Bertz CT molecular complexity index is 573. The Morgan fingerprint density at radius 3 is 3.09 bits per heavy atom. The molecule has 0 radical (unpaired) electrons. The molecule has 1 unspecified atom stereocenters. The van der Waals surface area contributed by atoms with Crippen LogP contribution in [0.4, 0.5) is 5.82 Å². The minimum Gasteiger partial charge on any atom is -0.378 e. The fourth-order valence-corrected chi connectivity index (χ4v) is 2.81. The monoisotopic (exact) mass is 301 g/mol. The summed E-state index contributed by atoms with van der Waals surface area (Å²) in [5.41, 5.74) is 0.300. The van der Waals surface area contributed by atoms with E-state index in [1.165, 1.54) is 0 Å². The van der Waals surface area contributed by atoms with Crippen molar-refractivity contribution in [3.63, 3.8) is 0 Å². The zero-order valence-electron chi connectivity index (χ0n) is 12.4. The van der Waals surface area contributed by atoms with Crippen LogP contribution in [-0.2, 0) is 9.47 Å². The van der Waals surface area contributed by atoms with Crippen LogP contribution in [0.2, 0.25) is 0 Å². The van der Waals surface area contributed by atoms with E-state index in [4.69, 9.17) is 15.9 Å². The number of carbonyl (C=O) groups excluding carboxylic acids is 1. The summed E-state index contributed by atoms with van der Waals surface area (Å²) in [7, 11) is 0. The summed E-state index contributed by atoms with van der Waals surface area (Å²) in [6.07, 6.45) is 7.61. The average molecular weight is 301 g/mol. The molecule has 1 N–H and O–H groups in total. The van der Waals surface area contributed by atoms with Crippen LogP contribution in [0.5, 0.6) is 0 Å². The summed E-state index contributed by atoms with van der Waals surface area (Å²) in [5, 5.41) is 2.62. The number of rotatable bonds is 3. The molecule has 116 valence electrons. The number of terminal acetylenes is 1. The third-order valence-corrected chi connectivity index (χ3v) is 4.00. The van der Waals surface area contributed by atoms with E-state index in [0.717, 1.165) is 31.9 Å². The van der Waals surface area contributed by atoms with Crippen LogP contribution in [-0.4, -0.2) is 55.9 Å². The molecule has 2 fully saturated rings. The standard InChI is InChI=1S/C16H19N3O3/c1-2-6-17-15(20)13-3-4-14(18-10-13)19-7-9-22-16(11-19)5-8-21-12-16/h1,3-4,10H,5-9,11-12H2,(H,17,20). The number of aromatic nitrogens is 1. The maximum atomic E-state index is 11.8. The van der Waals surface area contributed by atoms with E-state index in [9.17, 15) is 4.79 Å². The van der Waals surface area contributed by atoms with Gasteiger partial charge in [-0.25, -0.2) is 4.98 Å². The Hall–Kier alpha value is -2.10. The van der Waals surface area contributed by atoms with Gasteiger partial charge in [0.15, 0.2) is 0 Å². The summed E-state index contributed by atoms with van der Waals surface area (Å²) in [5.74, 6) is 3.01. The number of nitrogens with one attached hydrogen (secondary N) is 1. The van der Waals surface area contributed by atoms with Crippen LogP contribution < -0.4 is 10.2 Å². The maximum absolute atomic E-state index is 11.8. The highest BCUT2D eigenvalue weighted by Gasteiger charge is 2.40. The predicted octanol–water partition coefficient (Wildman–Crippen LogP) is 0.440. The molecule has 0 saturated carbocycles. The van der Waals surface area contributed by atoms with Crippen molar-refractivity contribution in [3.8, 4) is 12.3 Å². The zero-order valence-corrected chi connectivity index (χ0v) is 12.4. The highest BCUT2D eigenvalue weighted by molar-refractivity contribution is 5.94. The van der Waals surface area contributed by atoms with Crippen molar-refractivity contribution >= 4 is 11.7 Å². The van der Waals surface area contributed by atoms with E-state index in [1.54, 1.807) is 12.3 Å². The smallest absolute Gasteiger partial charge is 0.253 e. The Labute approximate surface area is 129 Å². The van der Waals surface area contributed by atoms with Crippen molar-refractivity contribution in [2.45, 2.75) is 12.0 Å². The number of hydrogen-bond donors (Lipinski definition) is 1. The number of morpholine rings is 1. The molecule has 22 heavy (non-hydrogen) atoms. The van der Waals surface area contributed by atoms with Crippen molar-refractivity contribution < 1.29 is 14.3 Å². The Balaban J connectivity index is 1.67. The normalized spacial score (nSPS) is 24.2. The van der Waals surface area contributed by atoms with Crippen LogP contribution in [0.15, 0.2) is 18.3 Å². The maximum Gasteiger partial charge on any atom is 0.253 e. The number of pyridine rings is 1. The molecular weight excluding hydrogens is 282 g/mol. The quantitative estimate of drug-likeness (QED) is 0.821. The highest BCUT2D eigenvalue weighted by Crippen LogP contribution is 2.29. The third kappa shape index (κ3) is 3.06. The van der Waals surface area contributed by atoms with Crippen LogP contribution in [0.3, 0.4) is 0 Å². The Kier molecular flexibility index (Phi) is 4.27. The lowest BCUT2D eigenvalue weighted by atomic mass is 10.0. The van der Waals surface area contributed by atoms with Gasteiger partial charge in [-0.1, -0.05) is 5.92 Å². The van der Waals surface area contributed by atoms with Crippen LogP contribution in [0, 0.1) is 12.3 Å². The molecule has 1 atom stereocenters. The first kappa shape index (κ1) is 14.8. The van der Waals surface area contributed by atoms with Crippen LogP contribution >= 0.6 is 0 Å². The summed E-state index contributed by atoms with van der Waals surface area (Å²) < 4.78 is 11.4. The number of carbonyl (C=O) groups is 1. The van der Waals surface area contributed by atoms with Crippen molar-refractivity contribution in [2.75, 3.05) is 44.4 Å². The molecule has 0 aliphatic carbocycles. The number of ether oxygens (including phenoxy) is 2. The minimum atomic E-state index is -0.209. The lowest BCUT2D eigenvalue weighted by molar-refractivity contribution is -0.0581. The van der Waals surface area contributed by atoms with Crippen LogP contribution in [0.1, 0.15) is 16.8 Å². The van der Waals surface area contributed by atoms with E-state index in [0.29, 0.717) is 18.8 Å². The third-order valence-electron chi connectivity index (χ3n) is 4.00. The first-order valence-corrected chi connectivity index (χ1v) is 7.37. The van der Waals surface area contributed by atoms with Gasteiger partial charge in [0.25, 0.3) is 5.91 Å². The molecule has 2 aliphatic rings. The summed E-state index contributed by atoms with van der Waals surface area (Å²) in [6.45, 7) is 3.81. The lowest BCUT2D eigenvalue weighted by Crippen LogP contribution is -2.52. The summed E-state index contributed by atoms with van der Waals surface area (Å²) in [4.78, 5) is 18.4. The minimum absolute atomic E-state index is 0.206. The molecule has 2 saturated heterocycles. The van der Waals surface area contributed by atoms with Gasteiger partial charge in [0.2, 0.25) is 0 Å². The first-order valence-electron chi connectivity index (χ1n) is 7.37. The molecule has 6 nitrogen and oxygen atoms in total. The van der Waals surface area contributed by atoms with Gasteiger partial charge in [-0.05, 0) is 12.1 Å². The zero-order chi connectivity index (χ0) is 15.4. The molecule has 3 heterocycles. The molecule has 6 heteroatoms. The number of amides is 1. The van der Waals surface area contributed by atoms with Crippen molar-refractivity contribution in [3.05, 3.63) is 23.9 Å². The highest BCUT2D eigenvalue weighted by atomic mass is 16.6. The number of nitrogens with zero attached hydrogens (tertiary/aromatic N) is 2. The van der Waals surface area contributed by atoms with Gasteiger partial charge in [0.05, 0.1) is 31.9 Å². The SMILES string of the molecule is C#CCNC(=O)c1ccc(N2CCOC3(CCOC3)C2)nc1. The number of anilines is 1. The summed E-state index contributed by atoms with van der Waals surface area (Å²) >= 11 is 0. The van der Waals surface area contributed by atoms with E-state index in [-0.39, 0.29) is 18.1 Å². The van der Waals surface area contributed by atoms with E-state index < -0.39 is 0 Å². The second-order valence-corrected chi connectivity index (χ2v) is 5.55. The van der Waals surface area contributed by atoms with E-state index >= 15 is 0 Å². The molecular formula is C16H19N3O3. The fourth-order valence-electron chi connectivity index (χ4n) is 2.81. The van der Waals surface area contributed by atoms with Gasteiger partial charge < -0.3 is 19.7 Å². The van der Waals surface area contributed by atoms with Crippen LogP contribution in [0.25, 0.3) is 0 Å². The van der Waals surface area contributed by atoms with Gasteiger partial charge in [0.1, 0.15) is 11.4 Å². The second kappa shape index (κ2) is 6.34. The molecule has 2 aliphatic heterocycles. The fraction of sp³-hybridized carbons (Fsp3) is 0.500. The average Bonchev–Trinajstić information content (AvgIpc) is 3.00. The largest absolute Gasteiger partial charge is 0.378 e. The molecule has 1 spiro atoms. The molecule has 3 rings (SSSR count). The van der Waals surface area contributed by atoms with Gasteiger partial charge >= 0.3 is 0 Å². The summed E-state index contributed by atoms with van der Waals surface area (Å²) in [6, 6.07) is 3.63. The first-order chi connectivity index (χ1) is 10.7. The van der Waals surface area contributed by atoms with Gasteiger partial charge in [-0.15, -0.1) is 6.42 Å². The van der Waals surface area contributed by atoms with Gasteiger partial charge in [-0.2, -0.15) is 0 Å². The molecule has 0 bridgehead atoms. The van der Waals surface area contributed by atoms with E-state index in [1.807, 2.05) is 6.07 Å². The molecule has 1 aromatic heterocycles. The van der Waals surface area contributed by atoms with Crippen molar-refractivity contribution in [1.82, 2.24) is 10.3 Å². The Morgan fingerprint density at radius 1 is 1.50 bits per heavy atom. The molecule has 1 amide bonds. The number of hydrogen-bond acceptors (Lipinski definition) is 5. The van der Waals surface area contributed by atoms with Gasteiger partial charge in [0, 0.05) is 25.8 Å². The predicted molar refractivity (Wildman–Crippen MR) is 81.7 cm³/mol. The Morgan fingerprint density at radius 2 is 2.41 bits per heavy atom. The van der Waals surface area contributed by atoms with Crippen molar-refractivity contribution in [1.29, 1.82) is 0 Å². The lowest BCUT2D eigenvalue weighted by Gasteiger charge is -2.40. The molecule has 0 aromatic carbocycles.